The molecule has 0 spiro atoms. The molecule has 8 heteroatoms. The molecule has 150 valence electrons. The van der Waals surface area contributed by atoms with Crippen LogP contribution < -0.4 is 10.2 Å². The number of carbonyl (C=O) groups is 2. The number of thiophene rings is 1. The molecule has 6 nitrogen and oxygen atoms in total. The van der Waals surface area contributed by atoms with Gasteiger partial charge in [-0.05, 0) is 37.1 Å². The molecule has 1 fully saturated rings. The summed E-state index contributed by atoms with van der Waals surface area (Å²) < 4.78 is 19.8. The van der Waals surface area contributed by atoms with Gasteiger partial charge in [-0.25, -0.2) is 14.2 Å². The van der Waals surface area contributed by atoms with Crippen molar-refractivity contribution < 1.29 is 18.7 Å². The third kappa shape index (κ3) is 3.80. The molecule has 3 heterocycles. The zero-order valence-electron chi connectivity index (χ0n) is 15.9. The second kappa shape index (κ2) is 8.16. The van der Waals surface area contributed by atoms with Gasteiger partial charge in [0.15, 0.2) is 0 Å². The van der Waals surface area contributed by atoms with Gasteiger partial charge in [0, 0.05) is 41.5 Å². The van der Waals surface area contributed by atoms with Gasteiger partial charge in [0.25, 0.3) is 5.91 Å². The van der Waals surface area contributed by atoms with E-state index in [-0.39, 0.29) is 17.3 Å². The minimum atomic E-state index is -0.550. The van der Waals surface area contributed by atoms with E-state index in [1.165, 1.54) is 19.4 Å². The quantitative estimate of drug-likeness (QED) is 0.645. The van der Waals surface area contributed by atoms with Crippen LogP contribution >= 0.6 is 11.3 Å². The van der Waals surface area contributed by atoms with E-state index in [0.29, 0.717) is 21.2 Å². The number of benzene rings is 1. The Morgan fingerprint density at radius 2 is 2.03 bits per heavy atom. The molecule has 1 N–H and O–H groups in total. The number of carbonyl (C=O) groups excluding carboxylic acids is 2. The fraction of sp³-hybridized carbons (Fsp3) is 0.286. The van der Waals surface area contributed by atoms with Crippen LogP contribution in [0.4, 0.5) is 10.2 Å². The number of pyridine rings is 1. The Kier molecular flexibility index (Phi) is 5.44. The highest BCUT2D eigenvalue weighted by molar-refractivity contribution is 7.21. The molecule has 1 aromatic carbocycles. The molecule has 3 aromatic rings. The van der Waals surface area contributed by atoms with Crippen LogP contribution in [-0.2, 0) is 11.3 Å². The predicted molar refractivity (Wildman–Crippen MR) is 110 cm³/mol. The molecule has 0 saturated carbocycles. The summed E-state index contributed by atoms with van der Waals surface area (Å²) in [5, 5.41) is 3.10. The van der Waals surface area contributed by atoms with Crippen LogP contribution in [0.15, 0.2) is 36.5 Å². The lowest BCUT2D eigenvalue weighted by atomic mass is 10.1. The van der Waals surface area contributed by atoms with Gasteiger partial charge in [-0.1, -0.05) is 6.07 Å². The zero-order valence-corrected chi connectivity index (χ0v) is 16.7. The van der Waals surface area contributed by atoms with Crippen LogP contribution in [0, 0.1) is 5.82 Å². The molecule has 1 saturated heterocycles. The predicted octanol–water partition coefficient (Wildman–Crippen LogP) is 3.75. The highest BCUT2D eigenvalue weighted by Gasteiger charge is 2.22. The Balaban J connectivity index is 1.54. The van der Waals surface area contributed by atoms with Crippen molar-refractivity contribution in [2.75, 3.05) is 25.1 Å². The Bertz CT molecular complexity index is 1060. The van der Waals surface area contributed by atoms with Crippen LogP contribution in [0.1, 0.15) is 38.4 Å². The molecule has 2 aromatic heterocycles. The van der Waals surface area contributed by atoms with E-state index in [0.717, 1.165) is 43.1 Å². The van der Waals surface area contributed by atoms with E-state index in [1.54, 1.807) is 18.2 Å². The maximum absolute atomic E-state index is 14.4. The van der Waals surface area contributed by atoms with Gasteiger partial charge in [-0.3, -0.25) is 4.79 Å². The number of halogens is 1. The molecule has 0 bridgehead atoms. The monoisotopic (exact) mass is 413 g/mol. The average Bonchev–Trinajstić information content (AvgIpc) is 3.40. The summed E-state index contributed by atoms with van der Waals surface area (Å²) >= 11 is 1.15. The first-order valence-electron chi connectivity index (χ1n) is 9.36. The fourth-order valence-electron chi connectivity index (χ4n) is 3.52. The fourth-order valence-corrected chi connectivity index (χ4v) is 4.67. The van der Waals surface area contributed by atoms with Gasteiger partial charge in [0.05, 0.1) is 12.7 Å². The molecular weight excluding hydrogens is 393 g/mol. The number of nitrogens with one attached hydrogen (secondary N) is 1. The van der Waals surface area contributed by atoms with E-state index >= 15 is 0 Å². The van der Waals surface area contributed by atoms with Gasteiger partial charge in [0.1, 0.15) is 16.5 Å². The lowest BCUT2D eigenvalue weighted by Gasteiger charge is -2.16. The summed E-state index contributed by atoms with van der Waals surface area (Å²) in [7, 11) is 1.28. The Labute approximate surface area is 171 Å². The number of hydrogen-bond donors (Lipinski definition) is 1. The molecule has 1 amide bonds. The van der Waals surface area contributed by atoms with Crippen molar-refractivity contribution in [1.29, 1.82) is 0 Å². The molecule has 29 heavy (non-hydrogen) atoms. The van der Waals surface area contributed by atoms with Gasteiger partial charge >= 0.3 is 5.97 Å². The summed E-state index contributed by atoms with van der Waals surface area (Å²) in [6, 6.07) is 8.22. The minimum Gasteiger partial charge on any atom is -0.465 e. The first kappa shape index (κ1) is 19.3. The van der Waals surface area contributed by atoms with Gasteiger partial charge in [0.2, 0.25) is 0 Å². The largest absolute Gasteiger partial charge is 0.465 e. The number of fused-ring (bicyclic) bond motifs is 1. The highest BCUT2D eigenvalue weighted by Crippen LogP contribution is 2.33. The number of ether oxygens (including phenoxy) is 1. The second-order valence-corrected chi connectivity index (χ2v) is 7.85. The van der Waals surface area contributed by atoms with Crippen LogP contribution in [0.25, 0.3) is 10.1 Å². The van der Waals surface area contributed by atoms with Crippen LogP contribution in [0.5, 0.6) is 0 Å². The number of anilines is 1. The molecule has 4 rings (SSSR count). The molecule has 0 radical (unpaired) electrons. The second-order valence-electron chi connectivity index (χ2n) is 6.80. The zero-order chi connectivity index (χ0) is 20.4. The summed E-state index contributed by atoms with van der Waals surface area (Å²) in [4.78, 5) is 31.6. The highest BCUT2D eigenvalue weighted by atomic mass is 32.1. The Hall–Kier alpha value is -3.00. The molecule has 0 unspecified atom stereocenters. The molecular formula is C21H20FN3O3S. The number of aromatic nitrogens is 1. The van der Waals surface area contributed by atoms with Gasteiger partial charge < -0.3 is 15.0 Å². The minimum absolute atomic E-state index is 0.0120. The van der Waals surface area contributed by atoms with Gasteiger partial charge in [-0.2, -0.15) is 0 Å². The summed E-state index contributed by atoms with van der Waals surface area (Å²) in [6.07, 6.45) is 3.84. The first-order chi connectivity index (χ1) is 14.1. The lowest BCUT2D eigenvalue weighted by molar-refractivity contribution is 0.0604. The van der Waals surface area contributed by atoms with Crippen LogP contribution in [0.3, 0.4) is 0 Å². The maximum Gasteiger partial charge on any atom is 0.348 e. The van der Waals surface area contributed by atoms with Crippen LogP contribution in [-0.4, -0.2) is 37.1 Å². The van der Waals surface area contributed by atoms with Crippen molar-refractivity contribution in [3.63, 3.8) is 0 Å². The number of methoxy groups -OCH3 is 1. The standard InChI is InChI=1S/C21H20FN3O3S/c1-28-21(27)19-14(18-15(22)5-4-6-16(18)29-19)12-24-20(26)13-7-8-17(23-11-13)25-9-2-3-10-25/h4-8,11H,2-3,9-10,12H2,1H3,(H,24,26). The topological polar surface area (TPSA) is 71.5 Å². The normalized spacial score (nSPS) is 13.7. The summed E-state index contributed by atoms with van der Waals surface area (Å²) in [6.45, 7) is 1.97. The third-order valence-corrected chi connectivity index (χ3v) is 6.18. The number of nitrogens with zero attached hydrogens (tertiary/aromatic N) is 2. The van der Waals surface area contributed by atoms with Crippen molar-refractivity contribution in [2.45, 2.75) is 19.4 Å². The van der Waals surface area contributed by atoms with Crippen molar-refractivity contribution >= 4 is 39.1 Å². The van der Waals surface area contributed by atoms with Crippen molar-refractivity contribution in [3.05, 3.63) is 58.3 Å². The number of esters is 1. The molecule has 0 aliphatic carbocycles. The Morgan fingerprint density at radius 3 is 2.72 bits per heavy atom. The summed E-state index contributed by atoms with van der Waals surface area (Å²) in [5.74, 6) is -0.462. The third-order valence-electron chi connectivity index (χ3n) is 5.00. The van der Waals surface area contributed by atoms with Crippen molar-refractivity contribution in [2.24, 2.45) is 0 Å². The van der Waals surface area contributed by atoms with E-state index in [9.17, 15) is 14.0 Å². The van der Waals surface area contributed by atoms with E-state index in [4.69, 9.17) is 4.74 Å². The van der Waals surface area contributed by atoms with E-state index in [2.05, 4.69) is 15.2 Å². The number of rotatable bonds is 5. The number of hydrogen-bond acceptors (Lipinski definition) is 6. The maximum atomic E-state index is 14.4. The average molecular weight is 413 g/mol. The van der Waals surface area contributed by atoms with Gasteiger partial charge in [-0.15, -0.1) is 11.3 Å². The smallest absolute Gasteiger partial charge is 0.348 e. The SMILES string of the molecule is COC(=O)c1sc2cccc(F)c2c1CNC(=O)c1ccc(N2CCCC2)nc1. The molecule has 1 aliphatic rings. The number of amides is 1. The van der Waals surface area contributed by atoms with E-state index in [1.807, 2.05) is 6.07 Å². The van der Waals surface area contributed by atoms with Crippen LogP contribution in [0.2, 0.25) is 0 Å². The Morgan fingerprint density at radius 1 is 1.24 bits per heavy atom. The van der Waals surface area contributed by atoms with Crippen molar-refractivity contribution in [3.8, 4) is 0 Å². The first-order valence-corrected chi connectivity index (χ1v) is 10.2. The van der Waals surface area contributed by atoms with Crippen molar-refractivity contribution in [1.82, 2.24) is 10.3 Å². The summed E-state index contributed by atoms with van der Waals surface area (Å²) in [5.41, 5.74) is 0.831. The molecule has 0 atom stereocenters. The molecule has 1 aliphatic heterocycles. The van der Waals surface area contributed by atoms with E-state index < -0.39 is 11.8 Å². The lowest BCUT2D eigenvalue weighted by Crippen LogP contribution is -2.24.